The Morgan fingerprint density at radius 1 is 0.765 bits per heavy atom. The molecule has 0 bridgehead atoms. The maximum atomic E-state index is 6.05. The van der Waals surface area contributed by atoms with Gasteiger partial charge in [0, 0.05) is 12.1 Å². The molecule has 0 spiro atoms. The van der Waals surface area contributed by atoms with Gasteiger partial charge in [0.15, 0.2) is 0 Å². The zero-order chi connectivity index (χ0) is 12.4. The lowest BCUT2D eigenvalue weighted by atomic mass is 9.68. The Balaban J connectivity index is 1.84. The van der Waals surface area contributed by atoms with Crippen LogP contribution in [-0.2, 0) is 0 Å². The SMILES string of the molecule is C[C@H]1C[C@H](N)CC[C@@H]1C[C@@H]1CC[C@H](N)C[C@@H]1C. The Kier molecular flexibility index (Phi) is 4.48. The Labute approximate surface area is 107 Å². The van der Waals surface area contributed by atoms with Gasteiger partial charge in [0.2, 0.25) is 0 Å². The second kappa shape index (κ2) is 5.71. The molecule has 4 N–H and O–H groups in total. The van der Waals surface area contributed by atoms with Gasteiger partial charge in [0.05, 0.1) is 0 Å². The average molecular weight is 238 g/mol. The summed E-state index contributed by atoms with van der Waals surface area (Å²) in [4.78, 5) is 0. The molecule has 0 aromatic rings. The van der Waals surface area contributed by atoms with Gasteiger partial charge in [-0.05, 0) is 68.6 Å². The van der Waals surface area contributed by atoms with E-state index in [-0.39, 0.29) is 0 Å². The fourth-order valence-corrected chi connectivity index (χ4v) is 4.09. The minimum absolute atomic E-state index is 0.471. The highest BCUT2D eigenvalue weighted by atomic mass is 14.7. The minimum atomic E-state index is 0.471. The van der Waals surface area contributed by atoms with Crippen LogP contribution in [0.5, 0.6) is 0 Å². The predicted molar refractivity (Wildman–Crippen MR) is 73.6 cm³/mol. The zero-order valence-electron chi connectivity index (χ0n) is 11.6. The quantitative estimate of drug-likeness (QED) is 0.777. The summed E-state index contributed by atoms with van der Waals surface area (Å²) in [6.07, 6.45) is 9.12. The van der Waals surface area contributed by atoms with E-state index in [0.29, 0.717) is 12.1 Å². The Bertz CT molecular complexity index is 217. The van der Waals surface area contributed by atoms with Crippen LogP contribution in [0.3, 0.4) is 0 Å². The van der Waals surface area contributed by atoms with E-state index in [1.54, 1.807) is 0 Å². The molecular formula is C15H30N2. The zero-order valence-corrected chi connectivity index (χ0v) is 11.6. The van der Waals surface area contributed by atoms with E-state index in [1.807, 2.05) is 0 Å². The first-order chi connectivity index (χ1) is 8.06. The molecule has 0 heterocycles. The number of rotatable bonds is 2. The lowest BCUT2D eigenvalue weighted by Crippen LogP contribution is -2.36. The van der Waals surface area contributed by atoms with E-state index in [0.717, 1.165) is 23.7 Å². The molecule has 100 valence electrons. The molecule has 2 heteroatoms. The molecule has 2 saturated carbocycles. The fraction of sp³-hybridized carbons (Fsp3) is 1.00. The Morgan fingerprint density at radius 3 is 1.53 bits per heavy atom. The van der Waals surface area contributed by atoms with Crippen molar-refractivity contribution in [2.45, 2.75) is 70.9 Å². The van der Waals surface area contributed by atoms with Crippen molar-refractivity contribution in [3.8, 4) is 0 Å². The van der Waals surface area contributed by atoms with Crippen molar-refractivity contribution < 1.29 is 0 Å². The molecule has 0 radical (unpaired) electrons. The maximum Gasteiger partial charge on any atom is 0.00415 e. The molecule has 0 amide bonds. The van der Waals surface area contributed by atoms with Crippen molar-refractivity contribution in [3.63, 3.8) is 0 Å². The molecule has 0 aliphatic heterocycles. The first kappa shape index (κ1) is 13.4. The van der Waals surface area contributed by atoms with E-state index < -0.39 is 0 Å². The second-order valence-corrected chi connectivity index (χ2v) is 6.86. The molecule has 17 heavy (non-hydrogen) atoms. The standard InChI is InChI=1S/C15H30N2/c1-10-7-14(16)5-3-12(10)9-13-4-6-15(17)8-11(13)2/h10-15H,3-9,16-17H2,1-2H3/t10-,11-,12-,13+,14-,15+/m0/s1. The number of hydrogen-bond acceptors (Lipinski definition) is 2. The van der Waals surface area contributed by atoms with E-state index in [2.05, 4.69) is 13.8 Å². The van der Waals surface area contributed by atoms with Gasteiger partial charge in [-0.1, -0.05) is 13.8 Å². The summed E-state index contributed by atoms with van der Waals surface area (Å²) in [7, 11) is 0. The van der Waals surface area contributed by atoms with Gasteiger partial charge < -0.3 is 11.5 Å². The van der Waals surface area contributed by atoms with E-state index in [1.165, 1.54) is 44.9 Å². The predicted octanol–water partition coefficient (Wildman–Crippen LogP) is 2.90. The van der Waals surface area contributed by atoms with Crippen LogP contribution in [-0.4, -0.2) is 12.1 Å². The van der Waals surface area contributed by atoms with Crippen molar-refractivity contribution in [2.24, 2.45) is 35.1 Å². The fourth-order valence-electron chi connectivity index (χ4n) is 4.09. The van der Waals surface area contributed by atoms with Crippen LogP contribution >= 0.6 is 0 Å². The topological polar surface area (TPSA) is 52.0 Å². The Hall–Kier alpha value is -0.0800. The van der Waals surface area contributed by atoms with Crippen LogP contribution in [0.2, 0.25) is 0 Å². The third kappa shape index (κ3) is 3.45. The molecular weight excluding hydrogens is 208 g/mol. The van der Waals surface area contributed by atoms with Gasteiger partial charge in [0.25, 0.3) is 0 Å². The van der Waals surface area contributed by atoms with E-state index >= 15 is 0 Å². The van der Waals surface area contributed by atoms with Crippen LogP contribution in [0.25, 0.3) is 0 Å². The summed E-state index contributed by atoms with van der Waals surface area (Å²) < 4.78 is 0. The number of nitrogens with two attached hydrogens (primary N) is 2. The van der Waals surface area contributed by atoms with Crippen molar-refractivity contribution in [1.82, 2.24) is 0 Å². The van der Waals surface area contributed by atoms with Crippen LogP contribution in [0.1, 0.15) is 58.8 Å². The van der Waals surface area contributed by atoms with Crippen molar-refractivity contribution in [2.75, 3.05) is 0 Å². The molecule has 2 aliphatic carbocycles. The van der Waals surface area contributed by atoms with Crippen LogP contribution in [0.15, 0.2) is 0 Å². The van der Waals surface area contributed by atoms with Gasteiger partial charge in [0.1, 0.15) is 0 Å². The largest absolute Gasteiger partial charge is 0.328 e. The first-order valence-corrected chi connectivity index (χ1v) is 7.57. The van der Waals surface area contributed by atoms with Gasteiger partial charge in [-0.15, -0.1) is 0 Å². The van der Waals surface area contributed by atoms with Gasteiger partial charge >= 0.3 is 0 Å². The van der Waals surface area contributed by atoms with Gasteiger partial charge in [-0.25, -0.2) is 0 Å². The number of hydrogen-bond donors (Lipinski definition) is 2. The van der Waals surface area contributed by atoms with Gasteiger partial charge in [-0.2, -0.15) is 0 Å². The molecule has 0 aromatic carbocycles. The lowest BCUT2D eigenvalue weighted by Gasteiger charge is -2.39. The second-order valence-electron chi connectivity index (χ2n) is 6.86. The highest BCUT2D eigenvalue weighted by Gasteiger charge is 2.32. The summed E-state index contributed by atoms with van der Waals surface area (Å²) in [5, 5.41) is 0. The van der Waals surface area contributed by atoms with E-state index in [9.17, 15) is 0 Å². The maximum absolute atomic E-state index is 6.05. The Morgan fingerprint density at radius 2 is 1.18 bits per heavy atom. The smallest absolute Gasteiger partial charge is 0.00415 e. The summed E-state index contributed by atoms with van der Waals surface area (Å²) in [5.74, 6) is 3.52. The summed E-state index contributed by atoms with van der Waals surface area (Å²) in [6, 6.07) is 0.942. The van der Waals surface area contributed by atoms with Crippen molar-refractivity contribution >= 4 is 0 Å². The van der Waals surface area contributed by atoms with Crippen LogP contribution in [0.4, 0.5) is 0 Å². The minimum Gasteiger partial charge on any atom is -0.328 e. The molecule has 0 saturated heterocycles. The molecule has 2 nitrogen and oxygen atoms in total. The molecule has 2 rings (SSSR count). The molecule has 0 unspecified atom stereocenters. The third-order valence-corrected chi connectivity index (χ3v) is 5.38. The summed E-state index contributed by atoms with van der Waals surface area (Å²) >= 11 is 0. The first-order valence-electron chi connectivity index (χ1n) is 7.57. The molecule has 2 aliphatic rings. The monoisotopic (exact) mass is 238 g/mol. The average Bonchev–Trinajstić information content (AvgIpc) is 2.25. The summed E-state index contributed by atoms with van der Waals surface area (Å²) in [6.45, 7) is 4.81. The summed E-state index contributed by atoms with van der Waals surface area (Å²) in [5.41, 5.74) is 12.1. The molecule has 6 atom stereocenters. The normalized spacial score (nSPS) is 48.0. The lowest BCUT2D eigenvalue weighted by molar-refractivity contribution is 0.139. The van der Waals surface area contributed by atoms with Gasteiger partial charge in [-0.3, -0.25) is 0 Å². The third-order valence-electron chi connectivity index (χ3n) is 5.38. The molecule has 2 fully saturated rings. The van der Waals surface area contributed by atoms with Crippen LogP contribution < -0.4 is 11.5 Å². The molecule has 0 aromatic heterocycles. The van der Waals surface area contributed by atoms with E-state index in [4.69, 9.17) is 11.5 Å². The highest BCUT2D eigenvalue weighted by Crippen LogP contribution is 2.39. The van der Waals surface area contributed by atoms with Crippen molar-refractivity contribution in [3.05, 3.63) is 0 Å². The van der Waals surface area contributed by atoms with Crippen LogP contribution in [0, 0.1) is 23.7 Å². The highest BCUT2D eigenvalue weighted by molar-refractivity contribution is 4.85. The van der Waals surface area contributed by atoms with Crippen molar-refractivity contribution in [1.29, 1.82) is 0 Å².